The summed E-state index contributed by atoms with van der Waals surface area (Å²) >= 11 is 0. The Bertz CT molecular complexity index is 404. The molecule has 92 valence electrons. The highest BCUT2D eigenvalue weighted by molar-refractivity contribution is 5.98. The maximum atomic E-state index is 11.9. The molecule has 0 fully saturated rings. The number of benzene rings is 1. The minimum atomic E-state index is 0.107. The molecule has 2 rings (SSSR count). The molecule has 0 spiro atoms. The van der Waals surface area contributed by atoms with Gasteiger partial charge in [0.15, 0.2) is 5.78 Å². The van der Waals surface area contributed by atoms with Crippen molar-refractivity contribution < 1.29 is 14.3 Å². The molecule has 0 saturated heterocycles. The first-order valence-corrected chi connectivity index (χ1v) is 5.80. The van der Waals surface area contributed by atoms with Crippen molar-refractivity contribution in [3.63, 3.8) is 0 Å². The van der Waals surface area contributed by atoms with Gasteiger partial charge in [0, 0.05) is 25.6 Å². The minimum absolute atomic E-state index is 0.107. The first kappa shape index (κ1) is 12.1. The lowest BCUT2D eigenvalue weighted by molar-refractivity contribution is 0.0987. The zero-order valence-corrected chi connectivity index (χ0v) is 9.99. The van der Waals surface area contributed by atoms with Gasteiger partial charge < -0.3 is 14.8 Å². The van der Waals surface area contributed by atoms with Gasteiger partial charge in [-0.05, 0) is 23.8 Å². The molecule has 1 N–H and O–H groups in total. The lowest BCUT2D eigenvalue weighted by atomic mass is 10.1. The number of methoxy groups -OCH3 is 1. The molecule has 0 amide bonds. The number of carbonyl (C=O) groups excluding carboxylic acids is 1. The molecule has 0 bridgehead atoms. The van der Waals surface area contributed by atoms with Crippen LogP contribution < -0.4 is 10.1 Å². The Morgan fingerprint density at radius 2 is 2.41 bits per heavy atom. The van der Waals surface area contributed by atoms with Crippen LogP contribution in [0.2, 0.25) is 0 Å². The number of rotatable bonds is 6. The van der Waals surface area contributed by atoms with Crippen molar-refractivity contribution in [1.82, 2.24) is 5.32 Å². The van der Waals surface area contributed by atoms with E-state index in [4.69, 9.17) is 9.47 Å². The minimum Gasteiger partial charge on any atom is -0.493 e. The molecule has 0 unspecified atom stereocenters. The number of Topliss-reactive ketones (excluding diaryl/α,β-unsaturated/α-hetero) is 1. The van der Waals surface area contributed by atoms with Crippen LogP contribution in [0.25, 0.3) is 0 Å². The maximum absolute atomic E-state index is 11.9. The number of nitrogens with one attached hydrogen (secondary N) is 1. The number of hydrogen-bond acceptors (Lipinski definition) is 4. The predicted molar refractivity (Wildman–Crippen MR) is 64.7 cm³/mol. The largest absolute Gasteiger partial charge is 0.493 e. The molecule has 0 aliphatic carbocycles. The first-order chi connectivity index (χ1) is 8.31. The van der Waals surface area contributed by atoms with E-state index in [0.717, 1.165) is 29.9 Å². The Kier molecular flexibility index (Phi) is 4.12. The third-order valence-corrected chi connectivity index (χ3v) is 2.78. The number of fused-ring (bicyclic) bond motifs is 1. The van der Waals surface area contributed by atoms with Crippen LogP contribution in [0, 0.1) is 0 Å². The second kappa shape index (κ2) is 5.80. The Labute approximate surface area is 101 Å². The van der Waals surface area contributed by atoms with Crippen molar-refractivity contribution in [3.8, 4) is 5.75 Å². The summed E-state index contributed by atoms with van der Waals surface area (Å²) in [7, 11) is 1.64. The summed E-state index contributed by atoms with van der Waals surface area (Å²) in [6.45, 7) is 2.38. The summed E-state index contributed by atoms with van der Waals surface area (Å²) in [4.78, 5) is 11.9. The van der Waals surface area contributed by atoms with Gasteiger partial charge in [0.1, 0.15) is 5.75 Å². The summed E-state index contributed by atoms with van der Waals surface area (Å²) in [6, 6.07) is 5.64. The van der Waals surface area contributed by atoms with Crippen molar-refractivity contribution in [1.29, 1.82) is 0 Å². The highest BCUT2D eigenvalue weighted by Crippen LogP contribution is 2.25. The standard InChI is InChI=1S/C13H17NO3/c1-16-7-5-14-9-12(15)10-2-3-13-11(8-10)4-6-17-13/h2-3,8,14H,4-7,9H2,1H3. The zero-order valence-electron chi connectivity index (χ0n) is 9.99. The Morgan fingerprint density at radius 3 is 3.24 bits per heavy atom. The second-order valence-corrected chi connectivity index (χ2v) is 4.01. The average molecular weight is 235 g/mol. The summed E-state index contributed by atoms with van der Waals surface area (Å²) in [5.41, 5.74) is 1.88. The van der Waals surface area contributed by atoms with Gasteiger partial charge in [-0.1, -0.05) is 0 Å². The smallest absolute Gasteiger partial charge is 0.176 e. The first-order valence-electron chi connectivity index (χ1n) is 5.80. The number of ether oxygens (including phenoxy) is 2. The maximum Gasteiger partial charge on any atom is 0.176 e. The normalized spacial score (nSPS) is 13.2. The third kappa shape index (κ3) is 3.05. The summed E-state index contributed by atoms with van der Waals surface area (Å²) < 4.78 is 10.3. The highest BCUT2D eigenvalue weighted by Gasteiger charge is 2.14. The van der Waals surface area contributed by atoms with Gasteiger partial charge >= 0.3 is 0 Å². The third-order valence-electron chi connectivity index (χ3n) is 2.78. The van der Waals surface area contributed by atoms with Crippen molar-refractivity contribution in [2.45, 2.75) is 6.42 Å². The molecule has 4 nitrogen and oxygen atoms in total. The van der Waals surface area contributed by atoms with E-state index >= 15 is 0 Å². The van der Waals surface area contributed by atoms with Crippen LogP contribution in [0.4, 0.5) is 0 Å². The molecule has 1 aliphatic heterocycles. The molecule has 1 heterocycles. The van der Waals surface area contributed by atoms with E-state index in [1.165, 1.54) is 0 Å². The van der Waals surface area contributed by atoms with Crippen LogP contribution in [0.15, 0.2) is 18.2 Å². The predicted octanol–water partition coefficient (Wildman–Crippen LogP) is 1.04. The van der Waals surface area contributed by atoms with Crippen LogP contribution >= 0.6 is 0 Å². The number of ketones is 1. The Morgan fingerprint density at radius 1 is 1.53 bits per heavy atom. The molecule has 1 aromatic carbocycles. The van der Waals surface area contributed by atoms with Gasteiger partial charge in [-0.25, -0.2) is 0 Å². The fraction of sp³-hybridized carbons (Fsp3) is 0.462. The highest BCUT2D eigenvalue weighted by atomic mass is 16.5. The molecular formula is C13H17NO3. The van der Waals surface area contributed by atoms with E-state index < -0.39 is 0 Å². The van der Waals surface area contributed by atoms with E-state index in [9.17, 15) is 4.79 Å². The fourth-order valence-corrected chi connectivity index (χ4v) is 1.84. The Balaban J connectivity index is 1.91. The molecule has 0 saturated carbocycles. The molecule has 0 aromatic heterocycles. The fourth-order valence-electron chi connectivity index (χ4n) is 1.84. The van der Waals surface area contributed by atoms with E-state index in [1.807, 2.05) is 18.2 Å². The van der Waals surface area contributed by atoms with Crippen molar-refractivity contribution in [3.05, 3.63) is 29.3 Å². The van der Waals surface area contributed by atoms with Gasteiger partial charge in [-0.15, -0.1) is 0 Å². The molecule has 17 heavy (non-hydrogen) atoms. The van der Waals surface area contributed by atoms with E-state index in [2.05, 4.69) is 5.32 Å². The van der Waals surface area contributed by atoms with Gasteiger partial charge in [0.05, 0.1) is 19.8 Å². The van der Waals surface area contributed by atoms with Crippen molar-refractivity contribution >= 4 is 5.78 Å². The van der Waals surface area contributed by atoms with Crippen LogP contribution in [0.5, 0.6) is 5.75 Å². The van der Waals surface area contributed by atoms with Crippen LogP contribution in [-0.4, -0.2) is 39.2 Å². The van der Waals surface area contributed by atoms with E-state index in [1.54, 1.807) is 7.11 Å². The molecular weight excluding hydrogens is 218 g/mol. The lowest BCUT2D eigenvalue weighted by Gasteiger charge is -2.05. The molecule has 1 aliphatic rings. The monoisotopic (exact) mass is 235 g/mol. The van der Waals surface area contributed by atoms with E-state index in [-0.39, 0.29) is 5.78 Å². The number of carbonyl (C=O) groups is 1. The van der Waals surface area contributed by atoms with Crippen LogP contribution in [-0.2, 0) is 11.2 Å². The summed E-state index contributed by atoms with van der Waals surface area (Å²) in [6.07, 6.45) is 0.896. The van der Waals surface area contributed by atoms with Crippen LogP contribution in [0.1, 0.15) is 15.9 Å². The molecule has 0 radical (unpaired) electrons. The van der Waals surface area contributed by atoms with E-state index in [0.29, 0.717) is 19.7 Å². The molecule has 0 atom stereocenters. The van der Waals surface area contributed by atoms with Gasteiger partial charge in [-0.3, -0.25) is 4.79 Å². The van der Waals surface area contributed by atoms with Crippen molar-refractivity contribution in [2.24, 2.45) is 0 Å². The second-order valence-electron chi connectivity index (χ2n) is 4.01. The van der Waals surface area contributed by atoms with Crippen molar-refractivity contribution in [2.75, 3.05) is 33.4 Å². The Hall–Kier alpha value is -1.39. The van der Waals surface area contributed by atoms with Gasteiger partial charge in [0.2, 0.25) is 0 Å². The van der Waals surface area contributed by atoms with Crippen LogP contribution in [0.3, 0.4) is 0 Å². The molecule has 4 heteroatoms. The van der Waals surface area contributed by atoms with Gasteiger partial charge in [-0.2, -0.15) is 0 Å². The topological polar surface area (TPSA) is 47.6 Å². The SMILES string of the molecule is COCCNCC(=O)c1ccc2c(c1)CCO2. The van der Waals surface area contributed by atoms with Gasteiger partial charge in [0.25, 0.3) is 0 Å². The molecule has 1 aromatic rings. The summed E-state index contributed by atoms with van der Waals surface area (Å²) in [5.74, 6) is 1.02. The quantitative estimate of drug-likeness (QED) is 0.591. The lowest BCUT2D eigenvalue weighted by Crippen LogP contribution is -2.26. The average Bonchev–Trinajstić information content (AvgIpc) is 2.81. The summed E-state index contributed by atoms with van der Waals surface area (Å²) in [5, 5.41) is 3.05. The zero-order chi connectivity index (χ0) is 12.1. The number of hydrogen-bond donors (Lipinski definition) is 1.